The Labute approximate surface area is 138 Å². The molecule has 1 aromatic heterocycles. The zero-order valence-corrected chi connectivity index (χ0v) is 13.6. The molecule has 0 aliphatic heterocycles. The van der Waals surface area contributed by atoms with Gasteiger partial charge in [0.15, 0.2) is 9.84 Å². The first-order valence-electron chi connectivity index (χ1n) is 7.22. The minimum Gasteiger partial charge on any atom is -0.259 e. The summed E-state index contributed by atoms with van der Waals surface area (Å²) in [6.07, 6.45) is 1.65. The molecule has 0 radical (unpaired) electrons. The average Bonchev–Trinajstić information content (AvgIpc) is 2.60. The SMILES string of the molecule is CC(c1cc2ccccc2cn1)S(=O)(=O)c1ccc([N+](=O)[O-])cc1. The van der Waals surface area contributed by atoms with Crippen molar-refractivity contribution >= 4 is 26.3 Å². The Morgan fingerprint density at radius 3 is 2.29 bits per heavy atom. The Bertz CT molecular complexity index is 1010. The smallest absolute Gasteiger partial charge is 0.259 e. The predicted molar refractivity (Wildman–Crippen MR) is 90.4 cm³/mol. The van der Waals surface area contributed by atoms with E-state index >= 15 is 0 Å². The summed E-state index contributed by atoms with van der Waals surface area (Å²) in [4.78, 5) is 14.4. The van der Waals surface area contributed by atoms with Gasteiger partial charge in [0.05, 0.1) is 15.5 Å². The summed E-state index contributed by atoms with van der Waals surface area (Å²) in [5.41, 5.74) is 0.289. The molecule has 0 N–H and O–H groups in total. The molecule has 0 amide bonds. The molecule has 24 heavy (non-hydrogen) atoms. The van der Waals surface area contributed by atoms with Crippen LogP contribution in [-0.4, -0.2) is 18.3 Å². The molecular formula is C17H14N2O4S. The molecule has 1 atom stereocenters. The molecule has 3 rings (SSSR count). The van der Waals surface area contributed by atoms with Gasteiger partial charge in [-0.15, -0.1) is 0 Å². The number of nitro benzene ring substituents is 1. The molecule has 0 spiro atoms. The molecule has 7 heteroatoms. The van der Waals surface area contributed by atoms with Gasteiger partial charge in [-0.2, -0.15) is 0 Å². The number of nitro groups is 1. The topological polar surface area (TPSA) is 90.2 Å². The highest BCUT2D eigenvalue weighted by Crippen LogP contribution is 2.29. The van der Waals surface area contributed by atoms with Crippen molar-refractivity contribution in [3.8, 4) is 0 Å². The first-order chi connectivity index (χ1) is 11.4. The standard InChI is InChI=1S/C17H14N2O4S/c1-12(17-10-13-4-2-3-5-14(13)11-18-17)24(22,23)16-8-6-15(7-9-16)19(20)21/h2-12H,1H3. The Balaban J connectivity index is 1.99. The largest absolute Gasteiger partial charge is 0.269 e. The summed E-state index contributed by atoms with van der Waals surface area (Å²) in [7, 11) is -3.69. The van der Waals surface area contributed by atoms with Crippen LogP contribution in [0.5, 0.6) is 0 Å². The highest BCUT2D eigenvalue weighted by atomic mass is 32.2. The lowest BCUT2D eigenvalue weighted by Gasteiger charge is -2.13. The minimum absolute atomic E-state index is 0.0376. The van der Waals surface area contributed by atoms with Gasteiger partial charge in [-0.3, -0.25) is 15.1 Å². The van der Waals surface area contributed by atoms with Crippen LogP contribution in [0, 0.1) is 10.1 Å². The lowest BCUT2D eigenvalue weighted by atomic mass is 10.1. The Morgan fingerprint density at radius 2 is 1.67 bits per heavy atom. The van der Waals surface area contributed by atoms with Crippen LogP contribution in [0.2, 0.25) is 0 Å². The number of rotatable bonds is 4. The maximum Gasteiger partial charge on any atom is 0.269 e. The van der Waals surface area contributed by atoms with Gasteiger partial charge in [0, 0.05) is 23.7 Å². The van der Waals surface area contributed by atoms with E-state index in [4.69, 9.17) is 0 Å². The van der Waals surface area contributed by atoms with E-state index in [-0.39, 0.29) is 10.6 Å². The van der Waals surface area contributed by atoms with Crippen LogP contribution in [0.1, 0.15) is 17.9 Å². The van der Waals surface area contributed by atoms with Gasteiger partial charge in [-0.05, 0) is 30.5 Å². The van der Waals surface area contributed by atoms with Gasteiger partial charge in [0.25, 0.3) is 5.69 Å². The zero-order chi connectivity index (χ0) is 17.3. The average molecular weight is 342 g/mol. The molecule has 2 aromatic carbocycles. The van der Waals surface area contributed by atoms with Crippen molar-refractivity contribution < 1.29 is 13.3 Å². The van der Waals surface area contributed by atoms with Crippen molar-refractivity contribution in [2.24, 2.45) is 0 Å². The fourth-order valence-electron chi connectivity index (χ4n) is 2.44. The first-order valence-corrected chi connectivity index (χ1v) is 8.77. The van der Waals surface area contributed by atoms with Crippen molar-refractivity contribution in [1.29, 1.82) is 0 Å². The van der Waals surface area contributed by atoms with Gasteiger partial charge >= 0.3 is 0 Å². The molecule has 1 unspecified atom stereocenters. The molecule has 122 valence electrons. The van der Waals surface area contributed by atoms with E-state index in [9.17, 15) is 18.5 Å². The monoisotopic (exact) mass is 342 g/mol. The van der Waals surface area contributed by atoms with Gasteiger partial charge in [-0.1, -0.05) is 24.3 Å². The van der Waals surface area contributed by atoms with E-state index in [1.807, 2.05) is 24.3 Å². The number of benzene rings is 2. The fourth-order valence-corrected chi connectivity index (χ4v) is 3.81. The Kier molecular flexibility index (Phi) is 4.02. The molecule has 0 aliphatic rings. The third-order valence-corrected chi connectivity index (χ3v) is 6.01. The predicted octanol–water partition coefficient (Wildman–Crippen LogP) is 3.68. The van der Waals surface area contributed by atoms with Crippen molar-refractivity contribution in [1.82, 2.24) is 4.98 Å². The normalized spacial score (nSPS) is 12.9. The molecule has 0 fully saturated rings. The third-order valence-electron chi connectivity index (χ3n) is 3.91. The van der Waals surface area contributed by atoms with Gasteiger partial charge in [0.2, 0.25) is 0 Å². The second-order valence-electron chi connectivity index (χ2n) is 5.39. The maximum absolute atomic E-state index is 12.7. The number of non-ortho nitro benzene ring substituents is 1. The molecule has 0 aliphatic carbocycles. The molecule has 3 aromatic rings. The molecule has 0 saturated carbocycles. The van der Waals surface area contributed by atoms with Crippen molar-refractivity contribution in [2.75, 3.05) is 0 Å². The summed E-state index contributed by atoms with van der Waals surface area (Å²) in [6.45, 7) is 1.56. The molecule has 0 saturated heterocycles. The van der Waals surface area contributed by atoms with Gasteiger partial charge in [-0.25, -0.2) is 8.42 Å². The number of nitrogens with zero attached hydrogens (tertiary/aromatic N) is 2. The number of pyridine rings is 1. The second-order valence-corrected chi connectivity index (χ2v) is 7.66. The van der Waals surface area contributed by atoms with E-state index in [2.05, 4.69) is 4.98 Å². The summed E-state index contributed by atoms with van der Waals surface area (Å²) >= 11 is 0. The quantitative estimate of drug-likeness (QED) is 0.533. The molecule has 1 heterocycles. The summed E-state index contributed by atoms with van der Waals surface area (Å²) in [5, 5.41) is 11.7. The van der Waals surface area contributed by atoms with E-state index in [1.54, 1.807) is 19.2 Å². The highest BCUT2D eigenvalue weighted by Gasteiger charge is 2.26. The maximum atomic E-state index is 12.7. The summed E-state index contributed by atoms with van der Waals surface area (Å²) in [6, 6.07) is 14.2. The van der Waals surface area contributed by atoms with Crippen molar-refractivity contribution in [2.45, 2.75) is 17.1 Å². The van der Waals surface area contributed by atoms with Crippen LogP contribution < -0.4 is 0 Å². The van der Waals surface area contributed by atoms with E-state index in [1.165, 1.54) is 24.3 Å². The molecular weight excluding hydrogens is 328 g/mol. The van der Waals surface area contributed by atoms with Crippen LogP contribution in [-0.2, 0) is 9.84 Å². The number of fused-ring (bicyclic) bond motifs is 1. The molecule has 6 nitrogen and oxygen atoms in total. The zero-order valence-electron chi connectivity index (χ0n) is 12.8. The molecule has 0 bridgehead atoms. The van der Waals surface area contributed by atoms with Crippen LogP contribution >= 0.6 is 0 Å². The second kappa shape index (κ2) is 6.01. The lowest BCUT2D eigenvalue weighted by molar-refractivity contribution is -0.384. The van der Waals surface area contributed by atoms with E-state index in [0.717, 1.165) is 10.8 Å². The van der Waals surface area contributed by atoms with Crippen LogP contribution in [0.15, 0.2) is 65.7 Å². The van der Waals surface area contributed by atoms with E-state index in [0.29, 0.717) is 5.69 Å². The van der Waals surface area contributed by atoms with Crippen LogP contribution in [0.25, 0.3) is 10.8 Å². The van der Waals surface area contributed by atoms with Gasteiger partial charge < -0.3 is 0 Å². The van der Waals surface area contributed by atoms with E-state index < -0.39 is 20.0 Å². The summed E-state index contributed by atoms with van der Waals surface area (Å²) in [5.74, 6) is 0. The summed E-state index contributed by atoms with van der Waals surface area (Å²) < 4.78 is 25.5. The van der Waals surface area contributed by atoms with Crippen molar-refractivity contribution in [3.63, 3.8) is 0 Å². The first kappa shape index (κ1) is 16.1. The Hall–Kier alpha value is -2.80. The number of hydrogen-bond acceptors (Lipinski definition) is 5. The lowest BCUT2D eigenvalue weighted by Crippen LogP contribution is -2.12. The van der Waals surface area contributed by atoms with Gasteiger partial charge in [0.1, 0.15) is 5.25 Å². The van der Waals surface area contributed by atoms with Crippen molar-refractivity contribution in [3.05, 3.63) is 76.6 Å². The van der Waals surface area contributed by atoms with Crippen LogP contribution in [0.3, 0.4) is 0 Å². The number of hydrogen-bond donors (Lipinski definition) is 0. The minimum atomic E-state index is -3.69. The van der Waals surface area contributed by atoms with Crippen LogP contribution in [0.4, 0.5) is 5.69 Å². The third kappa shape index (κ3) is 2.85. The Morgan fingerprint density at radius 1 is 1.04 bits per heavy atom. The highest BCUT2D eigenvalue weighted by molar-refractivity contribution is 7.91. The fraction of sp³-hybridized carbons (Fsp3) is 0.118. The number of aromatic nitrogens is 1. The number of sulfone groups is 1.